The zero-order valence-electron chi connectivity index (χ0n) is 20.0. The zero-order valence-corrected chi connectivity index (χ0v) is 20.0. The minimum absolute atomic E-state index is 0.0837. The largest absolute Gasteiger partial charge is 0.508 e. The Morgan fingerprint density at radius 1 is 0.914 bits per heavy atom. The molecule has 8 nitrogen and oxygen atoms in total. The van der Waals surface area contributed by atoms with Crippen molar-refractivity contribution in [2.75, 3.05) is 20.8 Å². The number of phenolic OH excluding ortho intramolecular Hbond substituents is 3. The Morgan fingerprint density at radius 3 is 2.17 bits per heavy atom. The molecule has 3 rings (SSSR count). The second kappa shape index (κ2) is 10.7. The lowest BCUT2D eigenvalue weighted by molar-refractivity contribution is 0.0691. The Morgan fingerprint density at radius 2 is 1.60 bits per heavy atom. The van der Waals surface area contributed by atoms with Gasteiger partial charge in [0.1, 0.15) is 17.1 Å². The third-order valence-electron chi connectivity index (χ3n) is 5.33. The number of carboxylic acids is 1. The van der Waals surface area contributed by atoms with Crippen LogP contribution in [0.25, 0.3) is 22.3 Å². The van der Waals surface area contributed by atoms with Gasteiger partial charge in [0.25, 0.3) is 0 Å². The van der Waals surface area contributed by atoms with E-state index in [-0.39, 0.29) is 57.8 Å². The van der Waals surface area contributed by atoms with E-state index >= 15 is 0 Å². The summed E-state index contributed by atoms with van der Waals surface area (Å²) < 4.78 is 16.5. The molecule has 0 aliphatic heterocycles. The lowest BCUT2D eigenvalue weighted by Crippen LogP contribution is -2.05. The maximum atomic E-state index is 12.0. The van der Waals surface area contributed by atoms with E-state index in [0.717, 1.165) is 5.57 Å². The molecule has 0 aliphatic rings. The van der Waals surface area contributed by atoms with Crippen LogP contribution >= 0.6 is 0 Å². The highest BCUT2D eigenvalue weighted by atomic mass is 16.5. The number of methoxy groups -OCH3 is 2. The summed E-state index contributed by atoms with van der Waals surface area (Å²) in [5, 5.41) is 41.2. The maximum absolute atomic E-state index is 12.0. The predicted octanol–water partition coefficient (Wildman–Crippen LogP) is 5.59. The zero-order chi connectivity index (χ0) is 25.7. The van der Waals surface area contributed by atoms with Gasteiger partial charge in [0.2, 0.25) is 0 Å². The topological polar surface area (TPSA) is 126 Å². The van der Waals surface area contributed by atoms with Crippen molar-refractivity contribution in [1.82, 2.24) is 0 Å². The van der Waals surface area contributed by atoms with Crippen molar-refractivity contribution in [2.45, 2.75) is 20.3 Å². The van der Waals surface area contributed by atoms with E-state index in [9.17, 15) is 25.2 Å². The Balaban J connectivity index is 2.15. The number of aromatic carboxylic acids is 1. The van der Waals surface area contributed by atoms with Crippen molar-refractivity contribution in [3.63, 3.8) is 0 Å². The van der Waals surface area contributed by atoms with Crippen molar-refractivity contribution in [3.05, 3.63) is 59.7 Å². The van der Waals surface area contributed by atoms with Gasteiger partial charge in [-0.2, -0.15) is 0 Å². The van der Waals surface area contributed by atoms with Crippen LogP contribution in [0.2, 0.25) is 0 Å². The fourth-order valence-electron chi connectivity index (χ4n) is 3.71. The highest BCUT2D eigenvalue weighted by Crippen LogP contribution is 2.51. The van der Waals surface area contributed by atoms with Crippen molar-refractivity contribution < 1.29 is 39.4 Å². The molecule has 0 aromatic heterocycles. The van der Waals surface area contributed by atoms with Gasteiger partial charge in [0.05, 0.1) is 26.4 Å². The van der Waals surface area contributed by atoms with Gasteiger partial charge in [0.15, 0.2) is 23.0 Å². The molecule has 0 fully saturated rings. The summed E-state index contributed by atoms with van der Waals surface area (Å²) in [5.74, 6) is -1.73. The molecule has 0 saturated heterocycles. The molecule has 0 atom stereocenters. The summed E-state index contributed by atoms with van der Waals surface area (Å²) in [6.45, 7) is 4.06. The first-order chi connectivity index (χ1) is 16.7. The van der Waals surface area contributed by atoms with Crippen LogP contribution < -0.4 is 14.2 Å². The summed E-state index contributed by atoms with van der Waals surface area (Å²) >= 11 is 0. The van der Waals surface area contributed by atoms with Gasteiger partial charge in [0, 0.05) is 5.56 Å². The minimum atomic E-state index is -1.30. The summed E-state index contributed by atoms with van der Waals surface area (Å²) in [5.41, 5.74) is 2.31. The van der Waals surface area contributed by atoms with E-state index in [1.165, 1.54) is 38.5 Å². The molecule has 0 heterocycles. The second-order valence-corrected chi connectivity index (χ2v) is 8.03. The standard InChI is InChI=1S/C27H28O8/c1-15(2)6-5-11-35-25-20(27(31)32)12-17(13-21(25)29)23-22(33-3)14-19(26(34-4)24(23)30)16-7-9-18(28)10-8-16/h6-10,12-14,28-30H,5,11H2,1-4H3,(H,31,32). The first-order valence-electron chi connectivity index (χ1n) is 10.8. The van der Waals surface area contributed by atoms with Gasteiger partial charge < -0.3 is 34.6 Å². The van der Waals surface area contributed by atoms with Crippen LogP contribution in [0.5, 0.6) is 34.5 Å². The summed E-state index contributed by atoms with van der Waals surface area (Å²) in [6, 6.07) is 10.5. The summed E-state index contributed by atoms with van der Waals surface area (Å²) in [7, 11) is 2.79. The monoisotopic (exact) mass is 480 g/mol. The molecule has 0 spiro atoms. The Bertz CT molecular complexity index is 1260. The molecule has 3 aromatic rings. The molecular formula is C27H28O8. The maximum Gasteiger partial charge on any atom is 0.339 e. The van der Waals surface area contributed by atoms with Crippen LogP contribution in [0.3, 0.4) is 0 Å². The number of carbonyl (C=O) groups is 1. The number of hydrogen-bond acceptors (Lipinski definition) is 7. The van der Waals surface area contributed by atoms with Crippen LogP contribution in [0.1, 0.15) is 30.6 Å². The molecular weight excluding hydrogens is 452 g/mol. The third-order valence-corrected chi connectivity index (χ3v) is 5.33. The average molecular weight is 481 g/mol. The number of rotatable bonds is 9. The first kappa shape index (κ1) is 25.3. The van der Waals surface area contributed by atoms with E-state index in [1.807, 2.05) is 19.9 Å². The quantitative estimate of drug-likeness (QED) is 0.231. The fourth-order valence-corrected chi connectivity index (χ4v) is 3.71. The molecule has 0 radical (unpaired) electrons. The predicted molar refractivity (Wildman–Crippen MR) is 132 cm³/mol. The Kier molecular flexibility index (Phi) is 7.76. The lowest BCUT2D eigenvalue weighted by atomic mass is 9.95. The molecule has 0 bridgehead atoms. The van der Waals surface area contributed by atoms with Crippen LogP contribution in [0.4, 0.5) is 0 Å². The SMILES string of the molecule is COc1cc(-c2ccc(O)cc2)c(OC)c(O)c1-c1cc(O)c(OCCC=C(C)C)c(C(=O)O)c1. The molecule has 35 heavy (non-hydrogen) atoms. The normalized spacial score (nSPS) is 10.5. The summed E-state index contributed by atoms with van der Waals surface area (Å²) in [4.78, 5) is 12.0. The highest BCUT2D eigenvalue weighted by Gasteiger charge is 2.25. The molecule has 184 valence electrons. The molecule has 0 amide bonds. The number of carboxylic acid groups (broad SMARTS) is 1. The number of ether oxygens (including phenoxy) is 3. The van der Waals surface area contributed by atoms with Crippen LogP contribution in [-0.2, 0) is 0 Å². The molecule has 3 aromatic carbocycles. The van der Waals surface area contributed by atoms with Crippen LogP contribution in [-0.4, -0.2) is 47.2 Å². The van der Waals surface area contributed by atoms with E-state index < -0.39 is 5.97 Å². The second-order valence-electron chi connectivity index (χ2n) is 8.03. The van der Waals surface area contributed by atoms with Crippen LogP contribution in [0.15, 0.2) is 54.1 Å². The first-order valence-corrected chi connectivity index (χ1v) is 10.8. The van der Waals surface area contributed by atoms with Gasteiger partial charge in [-0.3, -0.25) is 0 Å². The van der Waals surface area contributed by atoms with Gasteiger partial charge in [-0.15, -0.1) is 0 Å². The van der Waals surface area contributed by atoms with Crippen molar-refractivity contribution in [1.29, 1.82) is 0 Å². The average Bonchev–Trinajstić information content (AvgIpc) is 2.81. The molecule has 4 N–H and O–H groups in total. The number of hydrogen-bond donors (Lipinski definition) is 4. The smallest absolute Gasteiger partial charge is 0.339 e. The number of allylic oxidation sites excluding steroid dienone is 1. The van der Waals surface area contributed by atoms with Crippen molar-refractivity contribution >= 4 is 5.97 Å². The lowest BCUT2D eigenvalue weighted by Gasteiger charge is -2.19. The fraction of sp³-hybridized carbons (Fsp3) is 0.222. The minimum Gasteiger partial charge on any atom is -0.508 e. The van der Waals surface area contributed by atoms with Gasteiger partial charge in [-0.25, -0.2) is 4.79 Å². The number of benzene rings is 3. The number of aromatic hydroxyl groups is 3. The Labute approximate surface area is 203 Å². The molecule has 8 heteroatoms. The summed E-state index contributed by atoms with van der Waals surface area (Å²) in [6.07, 6.45) is 2.49. The van der Waals surface area contributed by atoms with Gasteiger partial charge in [-0.05, 0) is 61.7 Å². The number of phenols is 3. The van der Waals surface area contributed by atoms with Crippen molar-refractivity contribution in [3.8, 4) is 56.8 Å². The van der Waals surface area contributed by atoms with Gasteiger partial charge >= 0.3 is 5.97 Å². The highest BCUT2D eigenvalue weighted by molar-refractivity contribution is 5.96. The Hall–Kier alpha value is -4.33. The molecule has 0 saturated carbocycles. The molecule has 0 aliphatic carbocycles. The van der Waals surface area contributed by atoms with E-state index in [1.54, 1.807) is 18.2 Å². The van der Waals surface area contributed by atoms with Crippen molar-refractivity contribution in [2.24, 2.45) is 0 Å². The van der Waals surface area contributed by atoms with E-state index in [4.69, 9.17) is 14.2 Å². The van der Waals surface area contributed by atoms with E-state index in [0.29, 0.717) is 17.5 Å². The third kappa shape index (κ3) is 5.43. The van der Waals surface area contributed by atoms with Gasteiger partial charge in [-0.1, -0.05) is 23.8 Å². The van der Waals surface area contributed by atoms with Crippen LogP contribution in [0, 0.1) is 0 Å². The molecule has 0 unspecified atom stereocenters. The van der Waals surface area contributed by atoms with E-state index in [2.05, 4.69) is 0 Å².